The van der Waals surface area contributed by atoms with Gasteiger partial charge in [0, 0.05) is 31.0 Å². The zero-order valence-corrected chi connectivity index (χ0v) is 19.4. The van der Waals surface area contributed by atoms with Gasteiger partial charge in [-0.15, -0.1) is 0 Å². The van der Waals surface area contributed by atoms with Gasteiger partial charge in [0.25, 0.3) is 5.82 Å². The summed E-state index contributed by atoms with van der Waals surface area (Å²) in [6.45, 7) is 7.42. The standard InChI is InChI=1S/C26H29N3O4/c1-18-28(23(19-11-7-5-8-12-19)20-13-9-6-10-14-20)24(30)21-15-16-27(17-22(21)29(18)32)25(31)33-26(2,3)4/h5-14,23H,15-17H2,1-4H3. The summed E-state index contributed by atoms with van der Waals surface area (Å²) < 4.78 is 7.84. The van der Waals surface area contributed by atoms with E-state index in [1.54, 1.807) is 32.3 Å². The van der Waals surface area contributed by atoms with Gasteiger partial charge in [-0.3, -0.25) is 4.90 Å². The summed E-state index contributed by atoms with van der Waals surface area (Å²) in [6.07, 6.45) is -0.187. The summed E-state index contributed by atoms with van der Waals surface area (Å²) in [5.74, 6) is 0.280. The van der Waals surface area contributed by atoms with Gasteiger partial charge in [-0.2, -0.15) is 4.57 Å². The van der Waals surface area contributed by atoms with E-state index >= 15 is 0 Å². The molecule has 7 nitrogen and oxygen atoms in total. The lowest BCUT2D eigenvalue weighted by molar-refractivity contribution is -0.628. The highest BCUT2D eigenvalue weighted by atomic mass is 16.6. The molecule has 172 valence electrons. The third-order valence-corrected chi connectivity index (χ3v) is 5.83. The molecule has 0 spiro atoms. The predicted molar refractivity (Wildman–Crippen MR) is 125 cm³/mol. The summed E-state index contributed by atoms with van der Waals surface area (Å²) in [5, 5.41) is 13.4. The van der Waals surface area contributed by atoms with E-state index in [9.17, 15) is 14.8 Å². The number of amides is 1. The van der Waals surface area contributed by atoms with Crippen LogP contribution in [0.5, 0.6) is 0 Å². The normalized spacial score (nSPS) is 13.7. The Hall–Kier alpha value is -3.61. The highest BCUT2D eigenvalue weighted by molar-refractivity contribution is 5.68. The average Bonchev–Trinajstić information content (AvgIpc) is 2.80. The zero-order valence-electron chi connectivity index (χ0n) is 19.4. The molecule has 0 saturated carbocycles. The molecule has 0 saturated heterocycles. The number of nitrogens with zero attached hydrogens (tertiary/aromatic N) is 3. The Balaban J connectivity index is 1.81. The van der Waals surface area contributed by atoms with E-state index in [4.69, 9.17) is 4.74 Å². The Kier molecular flexibility index (Phi) is 5.97. The minimum Gasteiger partial charge on any atom is -0.711 e. The second kappa shape index (κ2) is 8.73. The summed E-state index contributed by atoms with van der Waals surface area (Å²) in [6, 6.07) is 19.0. The van der Waals surface area contributed by atoms with Crippen molar-refractivity contribution < 1.29 is 14.3 Å². The van der Waals surface area contributed by atoms with Crippen molar-refractivity contribution in [1.82, 2.24) is 9.47 Å². The fraction of sp³-hybridized carbons (Fsp3) is 0.346. The fourth-order valence-electron chi connectivity index (χ4n) is 4.30. The van der Waals surface area contributed by atoms with Gasteiger partial charge in [0.1, 0.15) is 11.3 Å². The fourth-order valence-corrected chi connectivity index (χ4v) is 4.30. The van der Waals surface area contributed by atoms with Crippen molar-refractivity contribution in [1.29, 1.82) is 0 Å². The van der Waals surface area contributed by atoms with E-state index in [-0.39, 0.29) is 17.9 Å². The first-order chi connectivity index (χ1) is 15.7. The van der Waals surface area contributed by atoms with E-state index in [0.29, 0.717) is 24.2 Å². The first-order valence-corrected chi connectivity index (χ1v) is 11.1. The minimum absolute atomic E-state index is 0.0476. The molecule has 1 aliphatic rings. The molecule has 1 amide bonds. The van der Waals surface area contributed by atoms with E-state index in [0.717, 1.165) is 15.9 Å². The molecule has 2 aromatic carbocycles. The smallest absolute Gasteiger partial charge is 0.410 e. The van der Waals surface area contributed by atoms with Crippen LogP contribution in [-0.2, 0) is 17.7 Å². The molecule has 3 aromatic rings. The molecule has 4 rings (SSSR count). The van der Waals surface area contributed by atoms with Gasteiger partial charge >= 0.3 is 11.7 Å². The third-order valence-electron chi connectivity index (χ3n) is 5.83. The van der Waals surface area contributed by atoms with Gasteiger partial charge in [-0.25, -0.2) is 14.3 Å². The maximum Gasteiger partial charge on any atom is 0.410 e. The quantitative estimate of drug-likeness (QED) is 0.453. The van der Waals surface area contributed by atoms with Crippen molar-refractivity contribution >= 4 is 6.09 Å². The number of rotatable bonds is 3. The van der Waals surface area contributed by atoms with Crippen LogP contribution < -0.4 is 10.3 Å². The molecule has 1 aromatic heterocycles. The SMILES string of the molecule is Cc1n(C(c2ccccc2)c2ccccc2)c(=O)c2c([n+]1[O-])CN(C(=O)OC(C)(C)C)CC2. The summed E-state index contributed by atoms with van der Waals surface area (Å²) in [4.78, 5) is 27.8. The molecule has 0 N–H and O–H groups in total. The number of benzene rings is 2. The number of carbonyl (C=O) groups is 1. The van der Waals surface area contributed by atoms with Crippen LogP contribution in [0.3, 0.4) is 0 Å². The Morgan fingerprint density at radius 3 is 2.09 bits per heavy atom. The minimum atomic E-state index is -0.636. The van der Waals surface area contributed by atoms with Crippen LogP contribution in [0.15, 0.2) is 65.5 Å². The van der Waals surface area contributed by atoms with Gasteiger partial charge in [0.05, 0.1) is 12.1 Å². The third kappa shape index (κ3) is 4.49. The van der Waals surface area contributed by atoms with E-state index in [1.807, 2.05) is 60.7 Å². The molecular formula is C26H29N3O4. The second-order valence-electron chi connectivity index (χ2n) is 9.32. The average molecular weight is 448 g/mol. The molecule has 33 heavy (non-hydrogen) atoms. The lowest BCUT2D eigenvalue weighted by Crippen LogP contribution is -2.53. The highest BCUT2D eigenvalue weighted by Gasteiger charge is 2.35. The van der Waals surface area contributed by atoms with Crippen molar-refractivity contribution in [2.24, 2.45) is 0 Å². The number of carbonyl (C=O) groups excluding carboxylic acids is 1. The molecule has 0 bridgehead atoms. The van der Waals surface area contributed by atoms with Crippen LogP contribution in [0.2, 0.25) is 0 Å². The maximum absolute atomic E-state index is 13.8. The molecule has 0 atom stereocenters. The van der Waals surface area contributed by atoms with Gasteiger partial charge in [0.2, 0.25) is 0 Å². The topological polar surface area (TPSA) is 78.5 Å². The van der Waals surface area contributed by atoms with Crippen molar-refractivity contribution in [3.8, 4) is 0 Å². The Labute approximate surface area is 193 Å². The lowest BCUT2D eigenvalue weighted by Gasteiger charge is -2.32. The molecule has 2 heterocycles. The number of hydrogen-bond donors (Lipinski definition) is 0. The number of hydrogen-bond acceptors (Lipinski definition) is 4. The van der Waals surface area contributed by atoms with Gasteiger partial charge in [-0.1, -0.05) is 60.7 Å². The first-order valence-electron chi connectivity index (χ1n) is 11.1. The Bertz CT molecular complexity index is 1170. The van der Waals surface area contributed by atoms with Gasteiger partial charge in [-0.05, 0) is 20.8 Å². The Morgan fingerprint density at radius 1 is 1.03 bits per heavy atom. The van der Waals surface area contributed by atoms with Crippen molar-refractivity contribution in [2.75, 3.05) is 6.54 Å². The maximum atomic E-state index is 13.8. The molecule has 0 fully saturated rings. The first kappa shape index (κ1) is 22.6. The monoisotopic (exact) mass is 447 g/mol. The number of aromatic nitrogens is 2. The van der Waals surface area contributed by atoms with Gasteiger partial charge < -0.3 is 9.94 Å². The van der Waals surface area contributed by atoms with Crippen LogP contribution in [-0.4, -0.2) is 27.7 Å². The number of ether oxygens (including phenoxy) is 1. The van der Waals surface area contributed by atoms with Crippen LogP contribution in [0.25, 0.3) is 0 Å². The zero-order chi connectivity index (χ0) is 23.8. The van der Waals surface area contributed by atoms with Crippen LogP contribution in [0, 0.1) is 12.1 Å². The lowest BCUT2D eigenvalue weighted by atomic mass is 9.97. The molecule has 0 aliphatic carbocycles. The largest absolute Gasteiger partial charge is 0.711 e. The Morgan fingerprint density at radius 2 is 1.58 bits per heavy atom. The van der Waals surface area contributed by atoms with E-state index < -0.39 is 17.7 Å². The van der Waals surface area contributed by atoms with E-state index in [1.165, 1.54) is 4.90 Å². The summed E-state index contributed by atoms with van der Waals surface area (Å²) in [7, 11) is 0. The van der Waals surface area contributed by atoms with Gasteiger partial charge in [0.15, 0.2) is 6.04 Å². The number of fused-ring (bicyclic) bond motifs is 1. The van der Waals surface area contributed by atoms with Crippen LogP contribution in [0.4, 0.5) is 4.79 Å². The van der Waals surface area contributed by atoms with Crippen molar-refractivity contribution in [3.05, 3.63) is 104 Å². The highest BCUT2D eigenvalue weighted by Crippen LogP contribution is 2.27. The predicted octanol–water partition coefficient (Wildman–Crippen LogP) is 3.72. The van der Waals surface area contributed by atoms with Crippen LogP contribution in [0.1, 0.15) is 55.0 Å². The molecule has 7 heteroatoms. The molecule has 0 unspecified atom stereocenters. The van der Waals surface area contributed by atoms with Crippen LogP contribution >= 0.6 is 0 Å². The second-order valence-corrected chi connectivity index (χ2v) is 9.32. The van der Waals surface area contributed by atoms with Crippen molar-refractivity contribution in [2.45, 2.75) is 52.3 Å². The molecule has 0 radical (unpaired) electrons. The molecule has 1 aliphatic heterocycles. The van der Waals surface area contributed by atoms with Crippen molar-refractivity contribution in [3.63, 3.8) is 0 Å². The summed E-state index contributed by atoms with van der Waals surface area (Å²) >= 11 is 0. The van der Waals surface area contributed by atoms with E-state index in [2.05, 4.69) is 0 Å². The molecular weight excluding hydrogens is 418 g/mol. The summed E-state index contributed by atoms with van der Waals surface area (Å²) in [5.41, 5.74) is 1.76.